The minimum Gasteiger partial charge on any atom is -0.465 e. The fourth-order valence-electron chi connectivity index (χ4n) is 4.07. The Labute approximate surface area is 199 Å². The highest BCUT2D eigenvalue weighted by atomic mass is 16.5. The van der Waals surface area contributed by atoms with E-state index in [0.29, 0.717) is 21.9 Å². The van der Waals surface area contributed by atoms with Crippen molar-refractivity contribution in [3.05, 3.63) is 106 Å². The van der Waals surface area contributed by atoms with E-state index in [1.54, 1.807) is 24.3 Å². The number of aromatic amines is 1. The van der Waals surface area contributed by atoms with Crippen LogP contribution in [0, 0.1) is 0 Å². The molecule has 0 aliphatic rings. The van der Waals surface area contributed by atoms with E-state index in [9.17, 15) is 14.4 Å². The van der Waals surface area contributed by atoms with Gasteiger partial charge in [-0.2, -0.15) is 5.10 Å². The molecule has 8 heteroatoms. The zero-order valence-corrected chi connectivity index (χ0v) is 18.6. The molecule has 0 aliphatic carbocycles. The summed E-state index contributed by atoms with van der Waals surface area (Å²) in [4.78, 5) is 42.6. The van der Waals surface area contributed by atoms with E-state index in [1.807, 2.05) is 54.6 Å². The number of nitrogens with one attached hydrogen (secondary N) is 1. The van der Waals surface area contributed by atoms with Gasteiger partial charge in [0.15, 0.2) is 5.69 Å². The number of hydrogen-bond acceptors (Lipinski definition) is 7. The highest BCUT2D eigenvalue weighted by molar-refractivity contribution is 6.08. The topological polar surface area (TPSA) is 111 Å². The number of methoxy groups -OCH3 is 1. The molecule has 0 atom stereocenters. The molecule has 35 heavy (non-hydrogen) atoms. The Morgan fingerprint density at radius 2 is 1.49 bits per heavy atom. The van der Waals surface area contributed by atoms with Crippen LogP contribution in [0.25, 0.3) is 32.8 Å². The molecule has 0 bridgehead atoms. The van der Waals surface area contributed by atoms with E-state index in [1.165, 1.54) is 7.11 Å². The molecule has 2 aromatic heterocycles. The molecule has 0 unspecified atom stereocenters. The Bertz CT molecular complexity index is 1640. The van der Waals surface area contributed by atoms with Crippen molar-refractivity contribution in [2.75, 3.05) is 7.11 Å². The van der Waals surface area contributed by atoms with Gasteiger partial charge in [-0.1, -0.05) is 66.7 Å². The lowest BCUT2D eigenvalue weighted by molar-refractivity contribution is 0.0450. The van der Waals surface area contributed by atoms with Crippen LogP contribution in [0.4, 0.5) is 0 Å². The maximum Gasteiger partial charge on any atom is 0.359 e. The predicted molar refractivity (Wildman–Crippen MR) is 130 cm³/mol. The van der Waals surface area contributed by atoms with Crippen molar-refractivity contribution in [3.8, 4) is 11.1 Å². The number of H-pyrrole nitrogens is 1. The van der Waals surface area contributed by atoms with E-state index < -0.39 is 17.5 Å². The number of carbonyl (C=O) groups is 2. The number of rotatable bonds is 5. The molecule has 3 aromatic carbocycles. The second-order valence-corrected chi connectivity index (χ2v) is 7.71. The summed E-state index contributed by atoms with van der Waals surface area (Å²) in [6, 6.07) is 23.4. The molecule has 0 saturated heterocycles. The van der Waals surface area contributed by atoms with Crippen molar-refractivity contribution < 1.29 is 19.1 Å². The Balaban J connectivity index is 1.61. The van der Waals surface area contributed by atoms with Crippen LogP contribution >= 0.6 is 0 Å². The Morgan fingerprint density at radius 3 is 2.23 bits per heavy atom. The second kappa shape index (κ2) is 9.18. The number of aromatic nitrogens is 3. The Kier molecular flexibility index (Phi) is 5.76. The third kappa shape index (κ3) is 4.02. The summed E-state index contributed by atoms with van der Waals surface area (Å²) in [6.07, 6.45) is 0. The first-order valence-electron chi connectivity index (χ1n) is 10.8. The largest absolute Gasteiger partial charge is 0.465 e. The molecular weight excluding hydrogens is 446 g/mol. The van der Waals surface area contributed by atoms with Crippen LogP contribution in [0.3, 0.4) is 0 Å². The van der Waals surface area contributed by atoms with Crippen LogP contribution < -0.4 is 5.56 Å². The van der Waals surface area contributed by atoms with Crippen LogP contribution in [-0.4, -0.2) is 34.2 Å². The summed E-state index contributed by atoms with van der Waals surface area (Å²) < 4.78 is 10.6. The first-order chi connectivity index (χ1) is 17.1. The van der Waals surface area contributed by atoms with Gasteiger partial charge in [0.1, 0.15) is 6.61 Å². The van der Waals surface area contributed by atoms with E-state index in [-0.39, 0.29) is 23.6 Å². The lowest BCUT2D eigenvalue weighted by Crippen LogP contribution is -2.17. The van der Waals surface area contributed by atoms with Crippen LogP contribution in [0.1, 0.15) is 26.5 Å². The molecule has 0 fully saturated rings. The number of nitrogens with zero attached hydrogens (tertiary/aromatic N) is 2. The van der Waals surface area contributed by atoms with E-state index in [2.05, 4.69) is 15.2 Å². The Hall–Kier alpha value is -4.85. The Morgan fingerprint density at radius 1 is 0.829 bits per heavy atom. The van der Waals surface area contributed by atoms with Crippen molar-refractivity contribution in [2.45, 2.75) is 6.61 Å². The first kappa shape index (κ1) is 22.0. The lowest BCUT2D eigenvalue weighted by atomic mass is 9.94. The third-order valence-electron chi connectivity index (χ3n) is 5.65. The predicted octanol–water partition coefficient (Wildman–Crippen LogP) is 4.28. The van der Waals surface area contributed by atoms with Gasteiger partial charge in [0, 0.05) is 16.3 Å². The van der Waals surface area contributed by atoms with Gasteiger partial charge in [-0.05, 0) is 17.7 Å². The molecule has 0 amide bonds. The number of pyridine rings is 1. The van der Waals surface area contributed by atoms with Crippen molar-refractivity contribution in [3.63, 3.8) is 0 Å². The summed E-state index contributed by atoms with van der Waals surface area (Å²) in [7, 11) is 1.29. The minimum atomic E-state index is -0.760. The highest BCUT2D eigenvalue weighted by Crippen LogP contribution is 2.34. The quantitative estimate of drug-likeness (QED) is 0.386. The maximum atomic E-state index is 13.0. The number of para-hydroxylation sites is 1. The molecule has 0 spiro atoms. The van der Waals surface area contributed by atoms with E-state index in [4.69, 9.17) is 9.47 Å². The summed E-state index contributed by atoms with van der Waals surface area (Å²) >= 11 is 0. The number of benzene rings is 3. The molecular formula is C27H19N3O5. The first-order valence-corrected chi connectivity index (χ1v) is 10.8. The monoisotopic (exact) mass is 465 g/mol. The summed E-state index contributed by atoms with van der Waals surface area (Å²) in [5.74, 6) is -1.36. The van der Waals surface area contributed by atoms with Gasteiger partial charge in [-0.15, -0.1) is 0 Å². The molecule has 5 aromatic rings. The van der Waals surface area contributed by atoms with Gasteiger partial charge in [0.2, 0.25) is 0 Å². The lowest BCUT2D eigenvalue weighted by Gasteiger charge is -2.16. The van der Waals surface area contributed by atoms with Gasteiger partial charge in [0.25, 0.3) is 5.56 Å². The standard InChI is InChI=1S/C27H19N3O5/c1-34-26(32)23-21(15-35-27(33)24-17-11-5-6-12-18(17)25(31)30-29-24)28-20-14-8-7-13-19(20)22(23)16-9-3-2-4-10-16/h2-14H,15H2,1H3,(H,30,31). The fourth-order valence-corrected chi connectivity index (χ4v) is 4.07. The number of carbonyl (C=O) groups excluding carboxylic acids is 2. The van der Waals surface area contributed by atoms with Crippen LogP contribution in [0.5, 0.6) is 0 Å². The fraction of sp³-hybridized carbons (Fsp3) is 0.0741. The van der Waals surface area contributed by atoms with Crippen molar-refractivity contribution in [2.24, 2.45) is 0 Å². The zero-order chi connectivity index (χ0) is 24.4. The number of hydrogen-bond donors (Lipinski definition) is 1. The van der Waals surface area contributed by atoms with Crippen molar-refractivity contribution in [1.82, 2.24) is 15.2 Å². The van der Waals surface area contributed by atoms with E-state index in [0.717, 1.165) is 10.9 Å². The average molecular weight is 465 g/mol. The van der Waals surface area contributed by atoms with Crippen LogP contribution in [0.2, 0.25) is 0 Å². The molecule has 8 nitrogen and oxygen atoms in total. The van der Waals surface area contributed by atoms with Crippen LogP contribution in [-0.2, 0) is 16.1 Å². The molecule has 1 N–H and O–H groups in total. The van der Waals surface area contributed by atoms with Gasteiger partial charge < -0.3 is 9.47 Å². The van der Waals surface area contributed by atoms with Crippen molar-refractivity contribution >= 4 is 33.6 Å². The highest BCUT2D eigenvalue weighted by Gasteiger charge is 2.24. The van der Waals surface area contributed by atoms with Gasteiger partial charge in [-0.25, -0.2) is 19.7 Å². The van der Waals surface area contributed by atoms with Gasteiger partial charge >= 0.3 is 11.9 Å². The number of fused-ring (bicyclic) bond motifs is 2. The number of ether oxygens (including phenoxy) is 2. The van der Waals surface area contributed by atoms with Crippen molar-refractivity contribution in [1.29, 1.82) is 0 Å². The molecule has 0 radical (unpaired) electrons. The summed E-state index contributed by atoms with van der Waals surface area (Å²) in [5.41, 5.74) is 2.09. The van der Waals surface area contributed by atoms with Crippen LogP contribution in [0.15, 0.2) is 83.7 Å². The zero-order valence-electron chi connectivity index (χ0n) is 18.6. The molecule has 5 rings (SSSR count). The van der Waals surface area contributed by atoms with Gasteiger partial charge in [-0.3, -0.25) is 4.79 Å². The smallest absolute Gasteiger partial charge is 0.359 e. The normalized spacial score (nSPS) is 10.9. The summed E-state index contributed by atoms with van der Waals surface area (Å²) in [6.45, 7) is -0.303. The van der Waals surface area contributed by atoms with Gasteiger partial charge in [0.05, 0.1) is 29.3 Å². The molecule has 0 aliphatic heterocycles. The SMILES string of the molecule is COC(=O)c1c(COC(=O)c2n[nH]c(=O)c3ccccc23)nc2ccccc2c1-c1ccccc1. The molecule has 2 heterocycles. The maximum absolute atomic E-state index is 13.0. The molecule has 0 saturated carbocycles. The molecule has 172 valence electrons. The minimum absolute atomic E-state index is 0.0381. The van der Waals surface area contributed by atoms with E-state index >= 15 is 0 Å². The summed E-state index contributed by atoms with van der Waals surface area (Å²) in [5, 5.41) is 7.65. The third-order valence-corrected chi connectivity index (χ3v) is 5.65. The number of esters is 2. The average Bonchev–Trinajstić information content (AvgIpc) is 2.91. The second-order valence-electron chi connectivity index (χ2n) is 7.71.